The van der Waals surface area contributed by atoms with Crippen molar-refractivity contribution in [3.8, 4) is 5.75 Å². The molecule has 2 amide bonds. The highest BCUT2D eigenvalue weighted by Gasteiger charge is 2.65. The summed E-state index contributed by atoms with van der Waals surface area (Å²) in [5, 5.41) is 3.86. The summed E-state index contributed by atoms with van der Waals surface area (Å²) in [6, 6.07) is 8.67. The summed E-state index contributed by atoms with van der Waals surface area (Å²) in [6.07, 6.45) is -7.34. The molecular formula is C29H28Cl2F3N5O7S. The summed E-state index contributed by atoms with van der Waals surface area (Å²) in [4.78, 5) is 42.9. The lowest BCUT2D eigenvalue weighted by atomic mass is 9.80. The number of hydrogen-bond donors (Lipinski definition) is 0. The first kappa shape index (κ1) is 34.5. The highest BCUT2D eigenvalue weighted by molar-refractivity contribution is 7.93. The highest BCUT2D eigenvalue weighted by Crippen LogP contribution is 2.55. The van der Waals surface area contributed by atoms with Crippen LogP contribution in [0.2, 0.25) is 10.2 Å². The zero-order valence-corrected chi connectivity index (χ0v) is 27.8. The van der Waals surface area contributed by atoms with Crippen molar-refractivity contribution in [1.82, 2.24) is 19.6 Å². The minimum absolute atomic E-state index is 0.0171. The number of alkyl halides is 3. The second-order valence-electron chi connectivity index (χ2n) is 11.1. The molecule has 3 atom stereocenters. The molecule has 2 aliphatic heterocycles. The van der Waals surface area contributed by atoms with Crippen LogP contribution in [-0.2, 0) is 41.7 Å². The first-order valence-electron chi connectivity index (χ1n) is 13.9. The van der Waals surface area contributed by atoms with E-state index in [1.165, 1.54) is 76.5 Å². The summed E-state index contributed by atoms with van der Waals surface area (Å²) >= 11 is 12.8. The largest absolute Gasteiger partial charge is 0.496 e. The average Bonchev–Trinajstić information content (AvgIpc) is 3.61. The molecule has 1 fully saturated rings. The van der Waals surface area contributed by atoms with Crippen LogP contribution in [0.3, 0.4) is 0 Å². The van der Waals surface area contributed by atoms with Crippen LogP contribution in [0.15, 0.2) is 47.4 Å². The van der Waals surface area contributed by atoms with Crippen LogP contribution in [0.5, 0.6) is 5.75 Å². The molecule has 2 aliphatic rings. The summed E-state index contributed by atoms with van der Waals surface area (Å²) in [5.74, 6) is -4.21. The number of carbonyl (C=O) groups excluding carboxylic acids is 3. The Balaban J connectivity index is 1.85. The topological polar surface area (TPSA) is 131 Å². The van der Waals surface area contributed by atoms with Gasteiger partial charge < -0.3 is 14.4 Å². The van der Waals surface area contributed by atoms with Gasteiger partial charge in [-0.3, -0.25) is 19.2 Å². The number of nitrogens with zero attached hydrogens (tertiary/aromatic N) is 5. The number of para-hydroxylation sites is 1. The van der Waals surface area contributed by atoms with Crippen molar-refractivity contribution in [2.24, 2.45) is 7.05 Å². The van der Waals surface area contributed by atoms with E-state index < -0.39 is 69.5 Å². The lowest BCUT2D eigenvalue weighted by Gasteiger charge is -2.42. The van der Waals surface area contributed by atoms with Gasteiger partial charge >= 0.3 is 12.1 Å². The van der Waals surface area contributed by atoms with E-state index in [4.69, 9.17) is 32.7 Å². The zero-order valence-electron chi connectivity index (χ0n) is 25.5. The standard InChI is InChI=1S/C29H28Cl2F3N5O7S/c1-15-23(24(31)37(4)35-15)47(43,44)39-20-11-10-16(30)12-19(20)28(26(39)41,18-8-6-7-9-22(18)45-5)38-14-17(46-27(42)29(32,33)34)13-21(38)25(40)36(2)3/h6-12,17,21H,13-14H2,1-5H3/t17-,21+,28?/m1/s1. The van der Waals surface area contributed by atoms with Crippen LogP contribution < -0.4 is 9.04 Å². The third-order valence-electron chi connectivity index (χ3n) is 8.08. The lowest BCUT2D eigenvalue weighted by Crippen LogP contribution is -2.59. The first-order valence-corrected chi connectivity index (χ1v) is 16.1. The van der Waals surface area contributed by atoms with Gasteiger partial charge in [-0.15, -0.1) is 0 Å². The minimum atomic E-state index is -5.34. The Hall–Kier alpha value is -3.86. The predicted molar refractivity (Wildman–Crippen MR) is 163 cm³/mol. The van der Waals surface area contributed by atoms with Crippen LogP contribution in [0.4, 0.5) is 18.9 Å². The molecule has 0 saturated carbocycles. The number of aryl methyl sites for hydroxylation is 2. The Bertz CT molecular complexity index is 1900. The number of carbonyl (C=O) groups is 3. The predicted octanol–water partition coefficient (Wildman–Crippen LogP) is 3.66. The van der Waals surface area contributed by atoms with Gasteiger partial charge in [-0.2, -0.15) is 18.3 Å². The number of benzene rings is 2. The van der Waals surface area contributed by atoms with E-state index in [0.29, 0.717) is 4.31 Å². The maximum Gasteiger partial charge on any atom is 0.490 e. The van der Waals surface area contributed by atoms with Gasteiger partial charge in [0, 0.05) is 50.3 Å². The lowest BCUT2D eigenvalue weighted by molar-refractivity contribution is -0.204. The molecule has 2 aromatic carbocycles. The molecule has 0 radical (unpaired) electrons. The molecule has 1 saturated heterocycles. The van der Waals surface area contributed by atoms with Crippen LogP contribution in [0.25, 0.3) is 0 Å². The Morgan fingerprint density at radius 3 is 2.34 bits per heavy atom. The molecule has 1 unspecified atom stereocenters. The number of esters is 1. The smallest absolute Gasteiger partial charge is 0.490 e. The molecule has 18 heteroatoms. The van der Waals surface area contributed by atoms with Gasteiger partial charge in [0.15, 0.2) is 5.54 Å². The number of likely N-dealkylation sites (tertiary alicyclic amines) is 1. The molecule has 5 rings (SSSR count). The molecule has 0 aliphatic carbocycles. The van der Waals surface area contributed by atoms with Gasteiger partial charge in [-0.1, -0.05) is 41.4 Å². The second-order valence-corrected chi connectivity index (χ2v) is 13.7. The fraction of sp³-hybridized carbons (Fsp3) is 0.379. The fourth-order valence-corrected chi connectivity index (χ4v) is 8.57. The Kier molecular flexibility index (Phi) is 8.79. The van der Waals surface area contributed by atoms with Gasteiger partial charge in [0.05, 0.1) is 24.5 Å². The number of anilines is 1. The number of halogens is 5. The van der Waals surface area contributed by atoms with Gasteiger partial charge in [0.25, 0.3) is 15.9 Å². The number of likely N-dealkylation sites (N-methyl/N-ethyl adjacent to an activating group) is 1. The number of ether oxygens (including phenoxy) is 2. The number of hydrogen-bond acceptors (Lipinski definition) is 9. The summed E-state index contributed by atoms with van der Waals surface area (Å²) < 4.78 is 80.9. The van der Waals surface area contributed by atoms with E-state index in [9.17, 15) is 31.2 Å². The van der Waals surface area contributed by atoms with Crippen molar-refractivity contribution in [2.75, 3.05) is 32.1 Å². The normalized spacial score (nSPS) is 21.6. The Morgan fingerprint density at radius 2 is 1.77 bits per heavy atom. The molecular weight excluding hydrogens is 690 g/mol. The Labute approximate surface area is 277 Å². The van der Waals surface area contributed by atoms with Crippen molar-refractivity contribution in [1.29, 1.82) is 0 Å². The van der Waals surface area contributed by atoms with Crippen molar-refractivity contribution in [3.63, 3.8) is 0 Å². The maximum absolute atomic E-state index is 15.3. The molecule has 47 heavy (non-hydrogen) atoms. The van der Waals surface area contributed by atoms with E-state index >= 15 is 4.79 Å². The molecule has 0 spiro atoms. The van der Waals surface area contributed by atoms with Crippen LogP contribution in [0.1, 0.15) is 23.2 Å². The zero-order chi connectivity index (χ0) is 34.8. The summed E-state index contributed by atoms with van der Waals surface area (Å²) in [6.45, 7) is 0.795. The van der Waals surface area contributed by atoms with E-state index in [1.54, 1.807) is 6.07 Å². The average molecular weight is 719 g/mol. The van der Waals surface area contributed by atoms with E-state index in [-0.39, 0.29) is 38.4 Å². The number of fused-ring (bicyclic) bond motifs is 1. The van der Waals surface area contributed by atoms with Gasteiger partial charge in [0.2, 0.25) is 5.91 Å². The summed E-state index contributed by atoms with van der Waals surface area (Å²) in [7, 11) is 0.656. The number of rotatable bonds is 7. The molecule has 0 N–H and O–H groups in total. The monoisotopic (exact) mass is 717 g/mol. The van der Waals surface area contributed by atoms with E-state index in [0.717, 1.165) is 9.58 Å². The van der Waals surface area contributed by atoms with E-state index in [2.05, 4.69) is 5.10 Å². The van der Waals surface area contributed by atoms with Crippen molar-refractivity contribution >= 4 is 56.7 Å². The van der Waals surface area contributed by atoms with Crippen LogP contribution in [0, 0.1) is 6.92 Å². The fourth-order valence-electron chi connectivity index (χ4n) is 6.22. The van der Waals surface area contributed by atoms with Crippen molar-refractivity contribution in [3.05, 3.63) is 69.5 Å². The van der Waals surface area contributed by atoms with Crippen LogP contribution >= 0.6 is 23.2 Å². The minimum Gasteiger partial charge on any atom is -0.496 e. The Morgan fingerprint density at radius 1 is 1.11 bits per heavy atom. The molecule has 3 heterocycles. The van der Waals surface area contributed by atoms with Crippen molar-refractivity contribution in [2.45, 2.75) is 42.1 Å². The van der Waals surface area contributed by atoms with Crippen molar-refractivity contribution < 1.29 is 45.4 Å². The molecule has 252 valence electrons. The number of amides is 2. The molecule has 0 bridgehead atoms. The van der Waals surface area contributed by atoms with Gasteiger partial charge in [-0.05, 0) is 31.2 Å². The SMILES string of the molecule is COc1ccccc1C1(N2C[C@H](OC(=O)C(F)(F)F)C[C@H]2C(=O)N(C)C)C(=O)N(S(=O)(=O)c2c(C)nn(C)c2Cl)c2ccc(Cl)cc21. The molecule has 12 nitrogen and oxygen atoms in total. The molecule has 1 aromatic heterocycles. The maximum atomic E-state index is 15.3. The second kappa shape index (κ2) is 12.0. The van der Waals surface area contributed by atoms with E-state index in [1.807, 2.05) is 0 Å². The van der Waals surface area contributed by atoms with Crippen LogP contribution in [-0.4, -0.2) is 91.9 Å². The highest BCUT2D eigenvalue weighted by atomic mass is 35.5. The third-order valence-corrected chi connectivity index (χ3v) is 10.7. The first-order chi connectivity index (χ1) is 21.9. The third kappa shape index (κ3) is 5.40. The number of methoxy groups -OCH3 is 1. The quantitative estimate of drug-likeness (QED) is 0.336. The summed E-state index contributed by atoms with van der Waals surface area (Å²) in [5.41, 5.74) is -2.45. The van der Waals surface area contributed by atoms with Gasteiger partial charge in [-0.25, -0.2) is 17.5 Å². The molecule has 3 aromatic rings. The van der Waals surface area contributed by atoms with Gasteiger partial charge in [0.1, 0.15) is 21.9 Å². The number of aromatic nitrogens is 2. The number of sulfonamides is 1.